The van der Waals surface area contributed by atoms with E-state index in [0.29, 0.717) is 30.2 Å². The number of carbonyl (C=O) groups excluding carboxylic acids is 1. The molecule has 0 saturated carbocycles. The summed E-state index contributed by atoms with van der Waals surface area (Å²) in [6.45, 7) is 12.9. The summed E-state index contributed by atoms with van der Waals surface area (Å²) in [4.78, 5) is 24.6. The minimum atomic E-state index is -0.968. The maximum absolute atomic E-state index is 13.2. The minimum absolute atomic E-state index is 0.0992. The van der Waals surface area contributed by atoms with Gasteiger partial charge in [-0.15, -0.1) is 0 Å². The van der Waals surface area contributed by atoms with Gasteiger partial charge in [-0.2, -0.15) is 0 Å². The number of aryl methyl sites for hydroxylation is 1. The molecule has 0 aliphatic rings. The zero-order valence-electron chi connectivity index (χ0n) is 23.6. The van der Waals surface area contributed by atoms with Crippen LogP contribution in [0.5, 0.6) is 5.75 Å². The van der Waals surface area contributed by atoms with Gasteiger partial charge in [0.25, 0.3) is 5.91 Å². The SMILES string of the molecule is CCC(Oc1cccc(Cn2c(C)c(C)c3cc(C(=O)N[C@@H](C)c4cccc(C(C)C)c4)ccc32)c1)C(=O)O. The Morgan fingerprint density at radius 1 is 0.949 bits per heavy atom. The number of nitrogens with zero attached hydrogens (tertiary/aromatic N) is 1. The summed E-state index contributed by atoms with van der Waals surface area (Å²) in [6, 6.07) is 21.7. The Morgan fingerprint density at radius 2 is 1.67 bits per heavy atom. The quantitative estimate of drug-likeness (QED) is 0.230. The van der Waals surface area contributed by atoms with Crippen molar-refractivity contribution in [1.29, 1.82) is 0 Å². The molecular formula is C33H38N2O4. The number of hydrogen-bond acceptors (Lipinski definition) is 3. The Hall–Kier alpha value is -4.06. The number of carbonyl (C=O) groups is 2. The van der Waals surface area contributed by atoms with Gasteiger partial charge in [0.05, 0.1) is 6.04 Å². The third-order valence-corrected chi connectivity index (χ3v) is 7.49. The van der Waals surface area contributed by atoms with Crippen molar-refractivity contribution in [3.63, 3.8) is 0 Å². The molecular weight excluding hydrogens is 488 g/mol. The highest BCUT2D eigenvalue weighted by Crippen LogP contribution is 2.28. The molecule has 1 heterocycles. The van der Waals surface area contributed by atoms with Crippen molar-refractivity contribution < 1.29 is 19.4 Å². The first-order chi connectivity index (χ1) is 18.6. The van der Waals surface area contributed by atoms with Gasteiger partial charge in [0.15, 0.2) is 6.10 Å². The van der Waals surface area contributed by atoms with Gasteiger partial charge in [-0.25, -0.2) is 4.79 Å². The Kier molecular flexibility index (Phi) is 8.44. The number of amides is 1. The predicted molar refractivity (Wildman–Crippen MR) is 156 cm³/mol. The highest BCUT2D eigenvalue weighted by Gasteiger charge is 2.18. The van der Waals surface area contributed by atoms with Gasteiger partial charge in [-0.05, 0) is 85.7 Å². The van der Waals surface area contributed by atoms with Gasteiger partial charge in [0, 0.05) is 28.7 Å². The van der Waals surface area contributed by atoms with Crippen LogP contribution in [0.4, 0.5) is 0 Å². The number of benzene rings is 3. The largest absolute Gasteiger partial charge is 0.479 e. The molecule has 3 aromatic carbocycles. The second kappa shape index (κ2) is 11.8. The first-order valence-electron chi connectivity index (χ1n) is 13.6. The molecule has 0 spiro atoms. The van der Waals surface area contributed by atoms with Crippen LogP contribution in [-0.4, -0.2) is 27.7 Å². The number of carboxylic acids is 1. The minimum Gasteiger partial charge on any atom is -0.479 e. The number of carboxylic acid groups (broad SMARTS) is 1. The van der Waals surface area contributed by atoms with Crippen LogP contribution in [0.2, 0.25) is 0 Å². The van der Waals surface area contributed by atoms with Crippen LogP contribution in [0.25, 0.3) is 10.9 Å². The van der Waals surface area contributed by atoms with Crippen LogP contribution < -0.4 is 10.1 Å². The molecule has 39 heavy (non-hydrogen) atoms. The Morgan fingerprint density at radius 3 is 2.36 bits per heavy atom. The zero-order valence-corrected chi connectivity index (χ0v) is 23.6. The lowest BCUT2D eigenvalue weighted by Crippen LogP contribution is -2.26. The molecule has 4 aromatic rings. The van der Waals surface area contributed by atoms with Crippen LogP contribution in [0, 0.1) is 13.8 Å². The molecule has 6 heteroatoms. The van der Waals surface area contributed by atoms with E-state index < -0.39 is 12.1 Å². The average Bonchev–Trinajstić information content (AvgIpc) is 3.16. The maximum Gasteiger partial charge on any atom is 0.344 e. The van der Waals surface area contributed by atoms with Gasteiger partial charge < -0.3 is 19.7 Å². The van der Waals surface area contributed by atoms with Crippen molar-refractivity contribution in [2.75, 3.05) is 0 Å². The van der Waals surface area contributed by atoms with E-state index in [4.69, 9.17) is 4.74 Å². The molecule has 4 rings (SSSR count). The third kappa shape index (κ3) is 6.17. The van der Waals surface area contributed by atoms with E-state index in [1.165, 1.54) is 5.56 Å². The number of fused-ring (bicyclic) bond motifs is 1. The highest BCUT2D eigenvalue weighted by molar-refractivity contribution is 5.99. The number of ether oxygens (including phenoxy) is 1. The fourth-order valence-electron chi connectivity index (χ4n) is 4.92. The van der Waals surface area contributed by atoms with E-state index in [9.17, 15) is 14.7 Å². The van der Waals surface area contributed by atoms with Gasteiger partial charge in [0.2, 0.25) is 0 Å². The van der Waals surface area contributed by atoms with Crippen molar-refractivity contribution in [3.05, 3.63) is 100 Å². The smallest absolute Gasteiger partial charge is 0.344 e. The van der Waals surface area contributed by atoms with E-state index in [2.05, 4.69) is 55.8 Å². The van der Waals surface area contributed by atoms with Crippen LogP contribution in [0.1, 0.15) is 84.4 Å². The topological polar surface area (TPSA) is 80.6 Å². The van der Waals surface area contributed by atoms with Crippen LogP contribution >= 0.6 is 0 Å². The summed E-state index contributed by atoms with van der Waals surface area (Å²) >= 11 is 0. The van der Waals surface area contributed by atoms with Crippen molar-refractivity contribution in [1.82, 2.24) is 9.88 Å². The van der Waals surface area contributed by atoms with Crippen molar-refractivity contribution in [3.8, 4) is 5.75 Å². The molecule has 0 aliphatic carbocycles. The zero-order chi connectivity index (χ0) is 28.3. The lowest BCUT2D eigenvalue weighted by molar-refractivity contribution is -0.145. The second-order valence-electron chi connectivity index (χ2n) is 10.5. The van der Waals surface area contributed by atoms with E-state index >= 15 is 0 Å². The lowest BCUT2D eigenvalue weighted by atomic mass is 9.98. The summed E-state index contributed by atoms with van der Waals surface area (Å²) in [6.07, 6.45) is -0.484. The van der Waals surface area contributed by atoms with Crippen molar-refractivity contribution in [2.24, 2.45) is 0 Å². The molecule has 0 saturated heterocycles. The van der Waals surface area contributed by atoms with E-state index in [1.54, 1.807) is 13.0 Å². The van der Waals surface area contributed by atoms with E-state index in [0.717, 1.165) is 33.3 Å². The number of hydrogen-bond donors (Lipinski definition) is 2. The summed E-state index contributed by atoms with van der Waals surface area (Å²) in [5.41, 5.74) is 7.27. The molecule has 1 amide bonds. The summed E-state index contributed by atoms with van der Waals surface area (Å²) in [5.74, 6) is -0.0971. The molecule has 2 N–H and O–H groups in total. The van der Waals surface area contributed by atoms with Crippen molar-refractivity contribution >= 4 is 22.8 Å². The molecule has 0 bridgehead atoms. The molecule has 0 radical (unpaired) electrons. The molecule has 6 nitrogen and oxygen atoms in total. The third-order valence-electron chi connectivity index (χ3n) is 7.49. The Labute approximate surface area is 230 Å². The molecule has 0 aliphatic heterocycles. The van der Waals surface area contributed by atoms with Crippen LogP contribution in [0.3, 0.4) is 0 Å². The molecule has 0 fully saturated rings. The van der Waals surface area contributed by atoms with Gasteiger partial charge in [-0.1, -0.05) is 57.2 Å². The van der Waals surface area contributed by atoms with Crippen molar-refractivity contribution in [2.45, 2.75) is 72.6 Å². The fraction of sp³-hybridized carbons (Fsp3) is 0.333. The maximum atomic E-state index is 13.2. The Balaban J connectivity index is 1.56. The first-order valence-corrected chi connectivity index (χ1v) is 13.6. The molecule has 2 atom stereocenters. The summed E-state index contributed by atoms with van der Waals surface area (Å²) in [5, 5.41) is 13.5. The summed E-state index contributed by atoms with van der Waals surface area (Å²) in [7, 11) is 0. The molecule has 1 unspecified atom stereocenters. The number of aromatic nitrogens is 1. The monoisotopic (exact) mass is 526 g/mol. The fourth-order valence-corrected chi connectivity index (χ4v) is 4.92. The standard InChI is InChI=1S/C33H38N2O4/c1-7-31(33(37)38)39-28-13-8-10-24(16-28)19-35-23(6)21(4)29-18-27(14-15-30(29)35)32(36)34-22(5)26-12-9-11-25(17-26)20(2)3/h8-18,20,22,31H,7,19H2,1-6H3,(H,34,36)(H,37,38)/t22-,31?/m0/s1. The number of nitrogens with one attached hydrogen (secondary N) is 1. The average molecular weight is 527 g/mol. The normalized spacial score (nSPS) is 12.9. The number of aliphatic carboxylic acids is 1. The van der Waals surface area contributed by atoms with Gasteiger partial charge in [-0.3, -0.25) is 4.79 Å². The highest BCUT2D eigenvalue weighted by atomic mass is 16.5. The molecule has 1 aromatic heterocycles. The van der Waals surface area contributed by atoms with E-state index in [1.807, 2.05) is 49.4 Å². The predicted octanol–water partition coefficient (Wildman–Crippen LogP) is 7.16. The number of rotatable bonds is 10. The lowest BCUT2D eigenvalue weighted by Gasteiger charge is -2.17. The molecule has 204 valence electrons. The second-order valence-corrected chi connectivity index (χ2v) is 10.5. The summed E-state index contributed by atoms with van der Waals surface area (Å²) < 4.78 is 7.92. The first kappa shape index (κ1) is 28.0. The van der Waals surface area contributed by atoms with Crippen LogP contribution in [0.15, 0.2) is 66.7 Å². The van der Waals surface area contributed by atoms with Crippen LogP contribution in [-0.2, 0) is 11.3 Å². The van der Waals surface area contributed by atoms with Gasteiger partial charge >= 0.3 is 5.97 Å². The van der Waals surface area contributed by atoms with E-state index in [-0.39, 0.29) is 11.9 Å². The van der Waals surface area contributed by atoms with Gasteiger partial charge in [0.1, 0.15) is 5.75 Å². The Bertz CT molecular complexity index is 1500.